The van der Waals surface area contributed by atoms with E-state index in [1.807, 2.05) is 0 Å². The number of hydrogen-bond acceptors (Lipinski definition) is 5. The molecule has 148 valence electrons. The van der Waals surface area contributed by atoms with Gasteiger partial charge in [-0.25, -0.2) is 13.2 Å². The van der Waals surface area contributed by atoms with Gasteiger partial charge in [-0.05, 0) is 55.3 Å². The normalized spacial score (nSPS) is 13.3. The van der Waals surface area contributed by atoms with E-state index in [-0.39, 0.29) is 27.1 Å². The molecule has 2 aromatic rings. The van der Waals surface area contributed by atoms with Gasteiger partial charge in [0, 0.05) is 22.2 Å². The maximum atomic E-state index is 12.4. The lowest BCUT2D eigenvalue weighted by molar-refractivity contribution is 0.0475. The van der Waals surface area contributed by atoms with Crippen LogP contribution >= 0.6 is 23.2 Å². The van der Waals surface area contributed by atoms with Gasteiger partial charge in [0.25, 0.3) is 0 Å². The minimum Gasteiger partial charge on any atom is -0.454 e. The fraction of sp³-hybridized carbons (Fsp3) is 0.263. The zero-order valence-corrected chi connectivity index (χ0v) is 17.3. The molecule has 0 fully saturated rings. The number of anilines is 1. The van der Waals surface area contributed by atoms with Crippen LogP contribution in [-0.2, 0) is 21.2 Å². The Kier molecular flexibility index (Phi) is 5.98. The van der Waals surface area contributed by atoms with Gasteiger partial charge in [0.05, 0.1) is 17.0 Å². The molecular weight excluding hydrogens is 425 g/mol. The van der Waals surface area contributed by atoms with E-state index in [4.69, 9.17) is 27.9 Å². The standard InChI is InChI=1S/C19H17Cl2NO5S/c1-2-28(25,26)22-6-5-12-7-13(3-4-17(12)22)18(23)11-27-19(24)14-8-15(20)10-16(21)9-14/h3-4,7-10H,2,5-6,11H2,1H3. The summed E-state index contributed by atoms with van der Waals surface area (Å²) in [4.78, 5) is 24.5. The number of sulfonamides is 1. The van der Waals surface area contributed by atoms with Crippen LogP contribution in [0.4, 0.5) is 5.69 Å². The van der Waals surface area contributed by atoms with Crippen molar-refractivity contribution in [1.82, 2.24) is 0 Å². The van der Waals surface area contributed by atoms with Crippen LogP contribution in [-0.4, -0.2) is 39.1 Å². The summed E-state index contributed by atoms with van der Waals surface area (Å²) in [5, 5.41) is 0.576. The first-order chi connectivity index (χ1) is 13.2. The van der Waals surface area contributed by atoms with Crippen LogP contribution in [0, 0.1) is 0 Å². The number of hydrogen-bond donors (Lipinski definition) is 0. The highest BCUT2D eigenvalue weighted by atomic mass is 35.5. The number of Topliss-reactive ketones (excluding diaryl/α,β-unsaturated/α-hetero) is 1. The molecule has 0 amide bonds. The Morgan fingerprint density at radius 3 is 2.39 bits per heavy atom. The quantitative estimate of drug-likeness (QED) is 0.503. The van der Waals surface area contributed by atoms with Crippen molar-refractivity contribution in [3.05, 3.63) is 63.1 Å². The Morgan fingerprint density at radius 1 is 1.07 bits per heavy atom. The maximum Gasteiger partial charge on any atom is 0.338 e. The van der Waals surface area contributed by atoms with Crippen molar-refractivity contribution in [3.8, 4) is 0 Å². The smallest absolute Gasteiger partial charge is 0.338 e. The second kappa shape index (κ2) is 8.11. The van der Waals surface area contributed by atoms with Crippen LogP contribution in [0.5, 0.6) is 0 Å². The number of carbonyl (C=O) groups excluding carboxylic acids is 2. The highest BCUT2D eigenvalue weighted by molar-refractivity contribution is 7.92. The average molecular weight is 442 g/mol. The van der Waals surface area contributed by atoms with Gasteiger partial charge in [-0.2, -0.15) is 0 Å². The first-order valence-corrected chi connectivity index (χ1v) is 10.9. The van der Waals surface area contributed by atoms with E-state index in [0.717, 1.165) is 5.56 Å². The van der Waals surface area contributed by atoms with Crippen molar-refractivity contribution >= 4 is 50.7 Å². The summed E-state index contributed by atoms with van der Waals surface area (Å²) < 4.78 is 30.7. The molecule has 1 aliphatic rings. The number of ketones is 1. The van der Waals surface area contributed by atoms with Crippen molar-refractivity contribution in [1.29, 1.82) is 0 Å². The van der Waals surface area contributed by atoms with Gasteiger partial charge in [-0.3, -0.25) is 9.10 Å². The molecule has 9 heteroatoms. The van der Waals surface area contributed by atoms with E-state index >= 15 is 0 Å². The second-order valence-electron chi connectivity index (χ2n) is 6.22. The topological polar surface area (TPSA) is 80.8 Å². The van der Waals surface area contributed by atoms with Crippen molar-refractivity contribution in [2.75, 3.05) is 23.2 Å². The lowest BCUT2D eigenvalue weighted by Gasteiger charge is -2.18. The van der Waals surface area contributed by atoms with Gasteiger partial charge in [-0.1, -0.05) is 23.2 Å². The van der Waals surface area contributed by atoms with E-state index in [0.29, 0.717) is 24.2 Å². The first-order valence-electron chi connectivity index (χ1n) is 8.51. The lowest BCUT2D eigenvalue weighted by Crippen LogP contribution is -2.30. The minimum atomic E-state index is -3.35. The summed E-state index contributed by atoms with van der Waals surface area (Å²) in [6, 6.07) is 9.08. The number of rotatable bonds is 6. The van der Waals surface area contributed by atoms with E-state index in [2.05, 4.69) is 0 Å². The first kappa shape index (κ1) is 20.6. The van der Waals surface area contributed by atoms with Gasteiger partial charge in [0.2, 0.25) is 10.0 Å². The number of halogens is 2. The summed E-state index contributed by atoms with van der Waals surface area (Å²) in [5.41, 5.74) is 1.87. The third kappa shape index (κ3) is 4.32. The Bertz CT molecular complexity index is 1030. The lowest BCUT2D eigenvalue weighted by atomic mass is 10.1. The predicted molar refractivity (Wildman–Crippen MR) is 108 cm³/mol. The Hall–Kier alpha value is -2.09. The summed E-state index contributed by atoms with van der Waals surface area (Å²) in [6.45, 7) is 1.50. The molecular formula is C19H17Cl2NO5S. The fourth-order valence-corrected chi connectivity index (χ4v) is 4.64. The van der Waals surface area contributed by atoms with Crippen LogP contribution in [0.3, 0.4) is 0 Å². The largest absolute Gasteiger partial charge is 0.454 e. The number of fused-ring (bicyclic) bond motifs is 1. The zero-order valence-electron chi connectivity index (χ0n) is 14.9. The second-order valence-corrected chi connectivity index (χ2v) is 9.28. The van der Waals surface area contributed by atoms with Crippen LogP contribution < -0.4 is 4.31 Å². The molecule has 0 aliphatic carbocycles. The molecule has 28 heavy (non-hydrogen) atoms. The monoisotopic (exact) mass is 441 g/mol. The maximum absolute atomic E-state index is 12.4. The predicted octanol–water partition coefficient (Wildman–Crippen LogP) is 3.75. The van der Waals surface area contributed by atoms with E-state index in [1.54, 1.807) is 19.1 Å². The van der Waals surface area contributed by atoms with E-state index in [9.17, 15) is 18.0 Å². The SMILES string of the molecule is CCS(=O)(=O)N1CCc2cc(C(=O)COC(=O)c3cc(Cl)cc(Cl)c3)ccc21. The molecule has 6 nitrogen and oxygen atoms in total. The third-order valence-corrected chi connectivity index (χ3v) is 6.60. The number of nitrogens with zero attached hydrogens (tertiary/aromatic N) is 1. The van der Waals surface area contributed by atoms with Gasteiger partial charge < -0.3 is 4.74 Å². The number of esters is 1. The summed E-state index contributed by atoms with van der Waals surface area (Å²) in [7, 11) is -3.35. The summed E-state index contributed by atoms with van der Waals surface area (Å²) in [6.07, 6.45) is 0.524. The third-order valence-electron chi connectivity index (χ3n) is 4.39. The van der Waals surface area contributed by atoms with Gasteiger partial charge in [0.1, 0.15) is 0 Å². The van der Waals surface area contributed by atoms with Crippen LogP contribution in [0.25, 0.3) is 0 Å². The molecule has 0 radical (unpaired) electrons. The molecule has 0 saturated carbocycles. The Labute approximate surface area is 173 Å². The van der Waals surface area contributed by atoms with Crippen molar-refractivity contribution in [2.24, 2.45) is 0 Å². The Morgan fingerprint density at radius 2 is 1.75 bits per heavy atom. The zero-order chi connectivity index (χ0) is 20.5. The highest BCUT2D eigenvalue weighted by Crippen LogP contribution is 2.31. The molecule has 2 aromatic carbocycles. The molecule has 0 unspecified atom stereocenters. The van der Waals surface area contributed by atoms with Crippen molar-refractivity contribution in [2.45, 2.75) is 13.3 Å². The molecule has 0 aromatic heterocycles. The van der Waals surface area contributed by atoms with Gasteiger partial charge in [0.15, 0.2) is 12.4 Å². The molecule has 0 saturated heterocycles. The number of ether oxygens (including phenoxy) is 1. The molecule has 0 N–H and O–H groups in total. The summed E-state index contributed by atoms with van der Waals surface area (Å²) >= 11 is 11.7. The number of benzene rings is 2. The van der Waals surface area contributed by atoms with Crippen LogP contribution in [0.1, 0.15) is 33.2 Å². The molecule has 3 rings (SSSR count). The molecule has 0 bridgehead atoms. The van der Waals surface area contributed by atoms with Crippen LogP contribution in [0.15, 0.2) is 36.4 Å². The summed E-state index contributed by atoms with van der Waals surface area (Å²) in [5.74, 6) is -1.09. The number of carbonyl (C=O) groups is 2. The van der Waals surface area contributed by atoms with E-state index in [1.165, 1.54) is 28.6 Å². The fourth-order valence-electron chi connectivity index (χ4n) is 2.96. The van der Waals surface area contributed by atoms with Gasteiger partial charge in [-0.15, -0.1) is 0 Å². The minimum absolute atomic E-state index is 0.0105. The highest BCUT2D eigenvalue weighted by Gasteiger charge is 2.28. The molecule has 1 heterocycles. The van der Waals surface area contributed by atoms with Crippen LogP contribution in [0.2, 0.25) is 10.0 Å². The van der Waals surface area contributed by atoms with Crippen molar-refractivity contribution < 1.29 is 22.7 Å². The van der Waals surface area contributed by atoms with Gasteiger partial charge >= 0.3 is 5.97 Å². The van der Waals surface area contributed by atoms with E-state index < -0.39 is 22.6 Å². The molecule has 0 atom stereocenters. The molecule has 1 aliphatic heterocycles. The Balaban J connectivity index is 1.70. The van der Waals surface area contributed by atoms with Crippen molar-refractivity contribution in [3.63, 3.8) is 0 Å². The average Bonchev–Trinajstić information content (AvgIpc) is 3.09. The molecule has 0 spiro atoms.